The van der Waals surface area contributed by atoms with E-state index in [1.54, 1.807) is 0 Å². The minimum absolute atomic E-state index is 0.108. The fraction of sp³-hybridized carbons (Fsp3) is 1.00. The monoisotopic (exact) mass is 260 g/mol. The normalized spacial score (nSPS) is 36.9. The minimum atomic E-state index is -2.86. The highest BCUT2D eigenvalue weighted by Gasteiger charge is 2.34. The number of nitrogens with one attached hydrogen (secondary N) is 1. The van der Waals surface area contributed by atoms with Crippen molar-refractivity contribution in [1.82, 2.24) is 10.2 Å². The number of rotatable bonds is 2. The molecule has 2 fully saturated rings. The summed E-state index contributed by atoms with van der Waals surface area (Å²) in [6.07, 6.45) is 5.30. The van der Waals surface area contributed by atoms with Gasteiger partial charge in [-0.3, -0.25) is 4.90 Å². The Morgan fingerprint density at radius 1 is 1.29 bits per heavy atom. The van der Waals surface area contributed by atoms with E-state index < -0.39 is 9.84 Å². The number of hydrogen-bond donors (Lipinski definition) is 1. The fourth-order valence-electron chi connectivity index (χ4n) is 3.21. The smallest absolute Gasteiger partial charge is 0.150 e. The summed E-state index contributed by atoms with van der Waals surface area (Å²) in [7, 11) is -2.86. The van der Waals surface area contributed by atoms with E-state index >= 15 is 0 Å². The zero-order chi connectivity index (χ0) is 12.5. The second-order valence-electron chi connectivity index (χ2n) is 5.56. The van der Waals surface area contributed by atoms with Crippen molar-refractivity contribution in [2.24, 2.45) is 0 Å². The lowest BCUT2D eigenvalue weighted by molar-refractivity contribution is 0.0922. The van der Waals surface area contributed by atoms with Crippen LogP contribution in [0, 0.1) is 0 Å². The van der Waals surface area contributed by atoms with E-state index in [2.05, 4.69) is 17.1 Å². The lowest BCUT2D eigenvalue weighted by Gasteiger charge is -2.43. The van der Waals surface area contributed by atoms with Crippen molar-refractivity contribution >= 4 is 9.84 Å². The van der Waals surface area contributed by atoms with Gasteiger partial charge in [-0.1, -0.05) is 6.42 Å². The molecule has 1 N–H and O–H groups in total. The Bertz CT molecular complexity index is 356. The summed E-state index contributed by atoms with van der Waals surface area (Å²) >= 11 is 0. The van der Waals surface area contributed by atoms with Crippen LogP contribution >= 0.6 is 0 Å². The molecule has 5 heteroatoms. The minimum Gasteiger partial charge on any atom is -0.314 e. The summed E-state index contributed by atoms with van der Waals surface area (Å²) in [5.74, 6) is 0. The number of sulfone groups is 1. The molecule has 0 bridgehead atoms. The largest absolute Gasteiger partial charge is 0.314 e. The predicted octanol–water partition coefficient (Wildman–Crippen LogP) is 0.636. The van der Waals surface area contributed by atoms with Crippen LogP contribution in [0.25, 0.3) is 0 Å². The third-order valence-corrected chi connectivity index (χ3v) is 5.86. The average Bonchev–Trinajstić information content (AvgIpc) is 2.29. The number of piperazine rings is 1. The van der Waals surface area contributed by atoms with E-state index in [0.29, 0.717) is 12.1 Å². The Balaban J connectivity index is 2.01. The molecule has 1 saturated carbocycles. The van der Waals surface area contributed by atoms with Crippen LogP contribution in [0.5, 0.6) is 0 Å². The van der Waals surface area contributed by atoms with Crippen molar-refractivity contribution in [3.05, 3.63) is 0 Å². The van der Waals surface area contributed by atoms with Gasteiger partial charge in [0.25, 0.3) is 0 Å². The van der Waals surface area contributed by atoms with Crippen LogP contribution in [0.3, 0.4) is 0 Å². The highest BCUT2D eigenvalue weighted by Crippen LogP contribution is 2.28. The van der Waals surface area contributed by atoms with E-state index in [1.807, 2.05) is 0 Å². The van der Waals surface area contributed by atoms with Gasteiger partial charge in [-0.2, -0.15) is 0 Å². The first kappa shape index (κ1) is 13.3. The SMILES string of the molecule is C[C@H]1CNCCN1C1CCCC(S(C)(=O)=O)C1. The van der Waals surface area contributed by atoms with E-state index in [0.717, 1.165) is 45.3 Å². The van der Waals surface area contributed by atoms with Crippen LogP contribution in [0.15, 0.2) is 0 Å². The maximum absolute atomic E-state index is 11.7. The molecule has 3 atom stereocenters. The summed E-state index contributed by atoms with van der Waals surface area (Å²) in [5, 5.41) is 3.28. The highest BCUT2D eigenvalue weighted by molar-refractivity contribution is 7.91. The van der Waals surface area contributed by atoms with Crippen molar-refractivity contribution in [3.8, 4) is 0 Å². The molecule has 100 valence electrons. The molecule has 0 amide bonds. The van der Waals surface area contributed by atoms with Crippen molar-refractivity contribution in [3.63, 3.8) is 0 Å². The third kappa shape index (κ3) is 3.20. The molecule has 17 heavy (non-hydrogen) atoms. The third-order valence-electron chi connectivity index (χ3n) is 4.23. The van der Waals surface area contributed by atoms with Gasteiger partial charge in [0.15, 0.2) is 0 Å². The van der Waals surface area contributed by atoms with Gasteiger partial charge in [0, 0.05) is 38.0 Å². The van der Waals surface area contributed by atoms with E-state index in [-0.39, 0.29) is 5.25 Å². The molecule has 0 aromatic rings. The van der Waals surface area contributed by atoms with Gasteiger partial charge >= 0.3 is 0 Å². The molecule has 1 heterocycles. The molecule has 2 aliphatic rings. The first-order valence-electron chi connectivity index (χ1n) is 6.64. The van der Waals surface area contributed by atoms with E-state index in [9.17, 15) is 8.42 Å². The standard InChI is InChI=1S/C12H24N2O2S/c1-10-9-13-6-7-14(10)11-4-3-5-12(8-11)17(2,15)16/h10-13H,3-9H2,1-2H3/t10-,11?,12?/m0/s1. The molecule has 4 nitrogen and oxygen atoms in total. The Kier molecular flexibility index (Phi) is 4.10. The first-order valence-corrected chi connectivity index (χ1v) is 8.59. The van der Waals surface area contributed by atoms with Crippen LogP contribution in [0.1, 0.15) is 32.6 Å². The second-order valence-corrected chi connectivity index (χ2v) is 7.89. The molecule has 1 aliphatic carbocycles. The van der Waals surface area contributed by atoms with Crippen molar-refractivity contribution in [2.45, 2.75) is 49.9 Å². The summed E-state index contributed by atoms with van der Waals surface area (Å²) < 4.78 is 23.3. The van der Waals surface area contributed by atoms with Crippen LogP contribution in [-0.4, -0.2) is 56.5 Å². The summed E-state index contributed by atoms with van der Waals surface area (Å²) in [6.45, 7) is 5.35. The highest BCUT2D eigenvalue weighted by atomic mass is 32.2. The predicted molar refractivity (Wildman–Crippen MR) is 69.9 cm³/mol. The van der Waals surface area contributed by atoms with Gasteiger partial charge in [0.1, 0.15) is 9.84 Å². The molecule has 2 unspecified atom stereocenters. The quantitative estimate of drug-likeness (QED) is 0.791. The lowest BCUT2D eigenvalue weighted by atomic mass is 9.92. The van der Waals surface area contributed by atoms with E-state index in [4.69, 9.17) is 0 Å². The molecule has 1 saturated heterocycles. The second kappa shape index (κ2) is 5.24. The molecule has 0 aromatic carbocycles. The number of hydrogen-bond acceptors (Lipinski definition) is 4. The Morgan fingerprint density at radius 2 is 2.06 bits per heavy atom. The van der Waals surface area contributed by atoms with Crippen LogP contribution in [-0.2, 0) is 9.84 Å². The molecule has 0 aromatic heterocycles. The van der Waals surface area contributed by atoms with Gasteiger partial charge in [0.2, 0.25) is 0 Å². The topological polar surface area (TPSA) is 49.4 Å². The zero-order valence-corrected chi connectivity index (χ0v) is 11.7. The number of nitrogens with zero attached hydrogens (tertiary/aromatic N) is 1. The van der Waals surface area contributed by atoms with Crippen LogP contribution < -0.4 is 5.32 Å². The van der Waals surface area contributed by atoms with Gasteiger partial charge in [0.05, 0.1) is 5.25 Å². The zero-order valence-electron chi connectivity index (χ0n) is 10.9. The van der Waals surface area contributed by atoms with Gasteiger partial charge in [-0.15, -0.1) is 0 Å². The molecule has 2 rings (SSSR count). The molecule has 0 radical (unpaired) electrons. The summed E-state index contributed by atoms with van der Waals surface area (Å²) in [5.41, 5.74) is 0. The van der Waals surface area contributed by atoms with Crippen molar-refractivity contribution < 1.29 is 8.42 Å². The fourth-order valence-corrected chi connectivity index (χ4v) is 4.38. The molecule has 1 aliphatic heterocycles. The van der Waals surface area contributed by atoms with Gasteiger partial charge < -0.3 is 5.32 Å². The Hall–Kier alpha value is -0.130. The molecule has 0 spiro atoms. The maximum Gasteiger partial charge on any atom is 0.150 e. The Labute approximate surface area is 105 Å². The van der Waals surface area contributed by atoms with Crippen LogP contribution in [0.4, 0.5) is 0 Å². The average molecular weight is 260 g/mol. The molecular formula is C12H24N2O2S. The molecular weight excluding hydrogens is 236 g/mol. The van der Waals surface area contributed by atoms with Crippen molar-refractivity contribution in [1.29, 1.82) is 0 Å². The van der Waals surface area contributed by atoms with E-state index in [1.165, 1.54) is 6.26 Å². The first-order chi connectivity index (χ1) is 7.98. The van der Waals surface area contributed by atoms with Crippen molar-refractivity contribution in [2.75, 3.05) is 25.9 Å². The van der Waals surface area contributed by atoms with Crippen LogP contribution in [0.2, 0.25) is 0 Å². The lowest BCUT2D eigenvalue weighted by Crippen LogP contribution is -2.55. The summed E-state index contributed by atoms with van der Waals surface area (Å²) in [4.78, 5) is 2.51. The summed E-state index contributed by atoms with van der Waals surface area (Å²) in [6, 6.07) is 1.01. The maximum atomic E-state index is 11.7. The van der Waals surface area contributed by atoms with Gasteiger partial charge in [-0.05, 0) is 26.2 Å². The Morgan fingerprint density at radius 3 is 2.71 bits per heavy atom. The van der Waals surface area contributed by atoms with Gasteiger partial charge in [-0.25, -0.2) is 8.42 Å².